The summed E-state index contributed by atoms with van der Waals surface area (Å²) >= 11 is 0. The van der Waals surface area contributed by atoms with Crippen molar-refractivity contribution in [2.45, 2.75) is 0 Å². The number of rotatable bonds is 7. The molecule has 14 aromatic rings. The highest BCUT2D eigenvalue weighted by Crippen LogP contribution is 2.49. The number of halogens is 30. The first kappa shape index (κ1) is 72.9. The Morgan fingerprint density at radius 3 is 0.500 bits per heavy atom. The third-order valence-corrected chi connectivity index (χ3v) is 18.4. The van der Waals surface area contributed by atoms with Gasteiger partial charge >= 0.3 is 0 Å². The number of hydrogen-bond donors (Lipinski definition) is 6. The molecule has 0 unspecified atom stereocenters. The van der Waals surface area contributed by atoms with Gasteiger partial charge in [0.25, 0.3) is 0 Å². The van der Waals surface area contributed by atoms with Gasteiger partial charge < -0.3 is 29.9 Å². The van der Waals surface area contributed by atoms with E-state index in [0.29, 0.717) is 72.8 Å². The molecular weight excluding hydrogens is 1570 g/mol. The van der Waals surface area contributed by atoms with E-state index in [2.05, 4.69) is 39.9 Å². The molecule has 0 saturated carbocycles. The van der Waals surface area contributed by atoms with Crippen molar-refractivity contribution in [2.75, 3.05) is 0 Å². The van der Waals surface area contributed by atoms with Gasteiger partial charge in [-0.05, 0) is 85.0 Å². The average Bonchev–Trinajstić information content (AvgIpc) is 1.56. The second kappa shape index (κ2) is 25.6. The molecule has 16 rings (SSSR count). The minimum absolute atomic E-state index is 0.560. The third-order valence-electron chi connectivity index (χ3n) is 18.4. The number of benzene rings is 6. The molecule has 6 N–H and O–H groups in total. The van der Waals surface area contributed by atoms with Crippen LogP contribution in [0.3, 0.4) is 0 Å². The first-order valence-corrected chi connectivity index (χ1v) is 30.9. The van der Waals surface area contributed by atoms with E-state index in [1.807, 2.05) is 0 Å². The van der Waals surface area contributed by atoms with Crippen LogP contribution in [0.4, 0.5) is 132 Å². The first-order valence-electron chi connectivity index (χ1n) is 30.9. The molecule has 0 spiro atoms. The lowest BCUT2D eigenvalue weighted by molar-refractivity contribution is 0.381. The van der Waals surface area contributed by atoms with Crippen LogP contribution in [0.5, 0.6) is 0 Å². The minimum atomic E-state index is -2.87. The normalized spacial score (nSPS) is 12.3. The molecule has 8 nitrogen and oxygen atoms in total. The summed E-state index contributed by atoms with van der Waals surface area (Å²) < 4.78 is 478. The van der Waals surface area contributed by atoms with Gasteiger partial charge in [0.15, 0.2) is 140 Å². The van der Waals surface area contributed by atoms with Crippen molar-refractivity contribution in [3.63, 3.8) is 0 Å². The second-order valence-electron chi connectivity index (χ2n) is 24.4. The van der Waals surface area contributed by atoms with Crippen LogP contribution in [0.15, 0.2) is 60.7 Å². The summed E-state index contributed by atoms with van der Waals surface area (Å²) in [6, 6.07) is 5.85. The molecule has 0 saturated heterocycles. The quantitative estimate of drug-likeness (QED) is 0.0541. The Balaban J connectivity index is 1.17. The van der Waals surface area contributed by atoms with Gasteiger partial charge in [-0.2, -0.15) is 0 Å². The monoisotopic (exact) mass is 1590 g/mol. The Morgan fingerprint density at radius 2 is 0.304 bits per heavy atom. The molecule has 2 aliphatic heterocycles. The van der Waals surface area contributed by atoms with Crippen LogP contribution in [0.1, 0.15) is 22.8 Å². The van der Waals surface area contributed by atoms with Crippen molar-refractivity contribution < 1.29 is 132 Å². The molecule has 6 aromatic carbocycles. The minimum Gasteiger partial charge on any atom is -0.354 e. The highest BCUT2D eigenvalue weighted by atomic mass is 19.2. The van der Waals surface area contributed by atoms with Crippen molar-refractivity contribution in [3.05, 3.63) is 258 Å². The van der Waals surface area contributed by atoms with Gasteiger partial charge in [-0.25, -0.2) is 142 Å². The Hall–Kier alpha value is -13.3. The number of hydrogen-bond acceptors (Lipinski definition) is 2. The summed E-state index contributed by atoms with van der Waals surface area (Å²) in [7, 11) is 0. The van der Waals surface area contributed by atoms with E-state index in [0.717, 1.165) is 12.2 Å². The molecule has 8 aromatic heterocycles. The predicted molar refractivity (Wildman–Crippen MR) is 341 cm³/mol. The van der Waals surface area contributed by atoms with Gasteiger partial charge in [0.1, 0.15) is 0 Å². The summed E-state index contributed by atoms with van der Waals surface area (Å²) in [6.45, 7) is 0. The maximum atomic E-state index is 17.0. The maximum Gasteiger partial charge on any atom is 0.200 e. The highest BCUT2D eigenvalue weighted by molar-refractivity contribution is 6.09. The number of H-pyrrole nitrogens is 6. The van der Waals surface area contributed by atoms with Gasteiger partial charge in [-0.3, -0.25) is 0 Å². The van der Waals surface area contributed by atoms with E-state index < -0.39 is 341 Å². The zero-order valence-electron chi connectivity index (χ0n) is 53.3. The number of nitrogens with one attached hydrogen (secondary N) is 6. The number of fused-ring (bicyclic) bond motifs is 18. The fraction of sp³-hybridized carbons (Fsp3) is 0. The second-order valence-corrected chi connectivity index (χ2v) is 24.4. The van der Waals surface area contributed by atoms with Gasteiger partial charge in [-0.1, -0.05) is 0 Å². The molecule has 0 amide bonds. The average molecular weight is 1590 g/mol. The van der Waals surface area contributed by atoms with Crippen molar-refractivity contribution in [1.29, 1.82) is 0 Å². The van der Waals surface area contributed by atoms with E-state index in [1.165, 1.54) is 0 Å². The molecule has 0 atom stereocenters. The molecule has 566 valence electrons. The summed E-state index contributed by atoms with van der Waals surface area (Å²) in [5.41, 5.74) is -38.1. The van der Waals surface area contributed by atoms with Crippen LogP contribution in [0.2, 0.25) is 0 Å². The van der Waals surface area contributed by atoms with Gasteiger partial charge in [-0.15, -0.1) is 0 Å². The van der Waals surface area contributed by atoms with E-state index in [1.54, 1.807) is 0 Å². The van der Waals surface area contributed by atoms with Crippen LogP contribution in [0.25, 0.3) is 168 Å². The largest absolute Gasteiger partial charge is 0.354 e. The Labute approximate surface area is 596 Å². The molecule has 0 fully saturated rings. The van der Waals surface area contributed by atoms with E-state index >= 15 is 114 Å². The van der Waals surface area contributed by atoms with Crippen molar-refractivity contribution in [3.8, 4) is 77.9 Å². The molecule has 16 bridgehead atoms. The van der Waals surface area contributed by atoms with Crippen LogP contribution < -0.4 is 0 Å². The Kier molecular flexibility index (Phi) is 16.7. The van der Waals surface area contributed by atoms with E-state index in [4.69, 9.17) is 0 Å². The number of nitrogens with zero attached hydrogens (tertiary/aromatic N) is 2. The maximum absolute atomic E-state index is 17.0. The van der Waals surface area contributed by atoms with Gasteiger partial charge in [0, 0.05) is 99.7 Å². The van der Waals surface area contributed by atoms with Crippen molar-refractivity contribution in [1.82, 2.24) is 39.9 Å². The molecule has 0 aliphatic carbocycles. The van der Waals surface area contributed by atoms with E-state index in [9.17, 15) is 17.6 Å². The van der Waals surface area contributed by atoms with E-state index in [-0.39, 0.29) is 0 Å². The smallest absolute Gasteiger partial charge is 0.200 e. The predicted octanol–water partition coefficient (Wildman–Crippen LogP) is 23.5. The molecule has 112 heavy (non-hydrogen) atoms. The van der Waals surface area contributed by atoms with Gasteiger partial charge in [0.05, 0.1) is 67.2 Å². The lowest BCUT2D eigenvalue weighted by Crippen LogP contribution is -2.05. The molecular formula is C74H20F30N8. The summed E-state index contributed by atoms with van der Waals surface area (Å²) in [4.78, 5) is 22.8. The summed E-state index contributed by atoms with van der Waals surface area (Å²) in [5.74, 6) is -82.5. The number of aromatic nitrogens is 8. The fourth-order valence-electron chi connectivity index (χ4n) is 13.4. The molecule has 0 radical (unpaired) electrons. The summed E-state index contributed by atoms with van der Waals surface area (Å²) in [6.07, 6.45) is 2.74. The van der Waals surface area contributed by atoms with Crippen LogP contribution >= 0.6 is 0 Å². The Bertz CT molecular complexity index is 6440. The lowest BCUT2D eigenvalue weighted by atomic mass is 10.0. The van der Waals surface area contributed by atoms with Gasteiger partial charge in [0.2, 0.25) is 34.9 Å². The zero-order chi connectivity index (χ0) is 80.2. The number of aromatic amines is 6. The third kappa shape index (κ3) is 10.3. The zero-order valence-corrected chi connectivity index (χ0v) is 53.3. The fourth-order valence-corrected chi connectivity index (χ4v) is 13.4. The topological polar surface area (TPSA) is 121 Å². The standard InChI is InChI=1S/C74H20F30N8/c75-43-37(44(76)56(88)67(99)55(43)87)31-17-1-3-21(105-17)33(39-47(79)59(91)69(101)60(92)48(39)80)23-9-11-27(109-23)73-15(13-29(111-73)35(25-7-5-19(31)107-25)41-51(83)63(95)71(103)64(96)52(41)84)16-14-30-36(42-53(85)65(97)72(104)66(98)54(42)86)26-8-6-20(108-26)32(38-45(77)57(89)68(100)58(90)46(38)78)18-2-4-22(106-18)34(24-10-12-28(110-24)74(16)112-30)40-49(81)61(93)70(102)62(94)50(40)82/h1-14,105-108,111-112H. The lowest BCUT2D eigenvalue weighted by Gasteiger charge is -2.11. The molecule has 38 heteroatoms. The van der Waals surface area contributed by atoms with Crippen LogP contribution in [-0.2, 0) is 0 Å². The van der Waals surface area contributed by atoms with Crippen LogP contribution in [-0.4, -0.2) is 39.9 Å². The first-order chi connectivity index (χ1) is 53.1. The Morgan fingerprint density at radius 1 is 0.152 bits per heavy atom. The SMILES string of the molecule is Fc1c(F)c(F)c(-c2c3nc(c4[nH]c(cc4-c4cc5[nH]c4c4nc(c(-c6c(F)c(F)c(F)c(F)c6F)c6ccc([nH]6)c(-c6c(F)c(F)c(F)c(F)c6F)c6ccc([nH]6)c5-c5c(F)c(F)c(F)c(F)c5F)C=C4)c(-c4c(F)c(F)c(F)c(F)c4F)c4ccc([nH]4)c(-c4c(F)c(F)c(F)c(F)c4F)c4ccc2[nH]4)C=C3)c(F)c1F. The molecule has 10 heterocycles. The highest BCUT2D eigenvalue weighted by Gasteiger charge is 2.38. The van der Waals surface area contributed by atoms with Crippen LogP contribution in [0, 0.1) is 175 Å². The molecule has 2 aliphatic rings. The van der Waals surface area contributed by atoms with Crippen molar-refractivity contribution >= 4 is 90.5 Å². The van der Waals surface area contributed by atoms with Crippen molar-refractivity contribution in [2.24, 2.45) is 0 Å². The summed E-state index contributed by atoms with van der Waals surface area (Å²) in [5, 5.41) is 0.